The summed E-state index contributed by atoms with van der Waals surface area (Å²) in [6.07, 6.45) is -5.06. The fraction of sp³-hybridized carbons (Fsp3) is 0.455. The number of ether oxygens (including phenoxy) is 1. The summed E-state index contributed by atoms with van der Waals surface area (Å²) in [6, 6.07) is 6.25. The molecule has 2 aromatic heterocycles. The monoisotopic (exact) mass is 482 g/mol. The van der Waals surface area contributed by atoms with Crippen molar-refractivity contribution in [1.82, 2.24) is 19.1 Å². The molecule has 34 heavy (non-hydrogen) atoms. The van der Waals surface area contributed by atoms with Crippen LogP contribution < -0.4 is 11.2 Å². The number of alkyl halides is 3. The Balaban J connectivity index is 1.90. The molecule has 1 aromatic carbocycles. The van der Waals surface area contributed by atoms with Crippen molar-refractivity contribution in [2.75, 3.05) is 0 Å². The number of aromatic amines is 1. The number of rotatable bonds is 9. The molecule has 0 aliphatic rings. The van der Waals surface area contributed by atoms with Gasteiger partial charge in [-0.1, -0.05) is 43.7 Å². The number of esters is 1. The summed E-state index contributed by atoms with van der Waals surface area (Å²) >= 11 is 0. The lowest BCUT2D eigenvalue weighted by Crippen LogP contribution is -2.44. The quantitative estimate of drug-likeness (QED) is 0.453. The highest BCUT2D eigenvalue weighted by Gasteiger charge is 2.56. The van der Waals surface area contributed by atoms with Crippen molar-refractivity contribution in [2.24, 2.45) is 0 Å². The summed E-state index contributed by atoms with van der Waals surface area (Å²) in [6.45, 7) is 3.62. The van der Waals surface area contributed by atoms with Crippen LogP contribution in [0.3, 0.4) is 0 Å². The standard InChI is InChI=1S/C22H25F3N4O5/c1-3-5-11-29-18-17(19(31)27-20(29)32)28(4-2)15(26-18)13-34-16(30)12-21(33,22(23,24)25)14-9-7-6-8-10-14/h6-10,33H,3-5,11-13H2,1-2H3,(H,27,31,32)/t21-/m1/s1. The van der Waals surface area contributed by atoms with Gasteiger partial charge in [-0.2, -0.15) is 13.2 Å². The molecule has 0 amide bonds. The summed E-state index contributed by atoms with van der Waals surface area (Å²) in [7, 11) is 0. The van der Waals surface area contributed by atoms with Crippen molar-refractivity contribution in [3.8, 4) is 0 Å². The molecule has 0 aliphatic carbocycles. The molecule has 0 unspecified atom stereocenters. The predicted molar refractivity (Wildman–Crippen MR) is 116 cm³/mol. The van der Waals surface area contributed by atoms with E-state index in [1.165, 1.54) is 27.3 Å². The highest BCUT2D eigenvalue weighted by molar-refractivity contribution is 5.72. The minimum absolute atomic E-state index is 0.0856. The number of benzene rings is 1. The lowest BCUT2D eigenvalue weighted by molar-refractivity contribution is -0.269. The molecule has 0 bridgehead atoms. The van der Waals surface area contributed by atoms with E-state index >= 15 is 0 Å². The summed E-state index contributed by atoms with van der Waals surface area (Å²) < 4.78 is 48.7. The number of carbonyl (C=O) groups is 1. The maximum Gasteiger partial charge on any atom is 0.422 e. The molecular formula is C22H25F3N4O5. The maximum atomic E-state index is 13.7. The third-order valence-corrected chi connectivity index (χ3v) is 5.50. The zero-order chi connectivity index (χ0) is 25.1. The predicted octanol–water partition coefficient (Wildman–Crippen LogP) is 2.59. The Labute approximate surface area is 191 Å². The highest BCUT2D eigenvalue weighted by atomic mass is 19.4. The highest BCUT2D eigenvalue weighted by Crippen LogP contribution is 2.41. The Morgan fingerprint density at radius 2 is 1.82 bits per heavy atom. The first kappa shape index (κ1) is 25.2. The van der Waals surface area contributed by atoms with Crippen molar-refractivity contribution in [3.05, 3.63) is 62.6 Å². The second kappa shape index (κ2) is 9.84. The first-order valence-electron chi connectivity index (χ1n) is 10.8. The van der Waals surface area contributed by atoms with Crippen LogP contribution in [-0.4, -0.2) is 36.4 Å². The SMILES string of the molecule is CCCCn1c(=O)[nH]c(=O)c2c1nc(COC(=O)C[C@@](O)(c1ccccc1)C(F)(F)F)n2CC. The van der Waals surface area contributed by atoms with Crippen LogP contribution in [0.25, 0.3) is 11.2 Å². The van der Waals surface area contributed by atoms with Crippen molar-refractivity contribution < 1.29 is 27.8 Å². The Morgan fingerprint density at radius 1 is 1.15 bits per heavy atom. The lowest BCUT2D eigenvalue weighted by Gasteiger charge is -2.30. The smallest absolute Gasteiger partial charge is 0.422 e. The molecule has 2 heterocycles. The normalized spacial score (nSPS) is 13.7. The number of nitrogens with zero attached hydrogens (tertiary/aromatic N) is 3. The van der Waals surface area contributed by atoms with Crippen LogP contribution >= 0.6 is 0 Å². The van der Waals surface area contributed by atoms with Crippen LogP contribution in [0.2, 0.25) is 0 Å². The van der Waals surface area contributed by atoms with E-state index in [0.717, 1.165) is 18.6 Å². The lowest BCUT2D eigenvalue weighted by atomic mass is 9.90. The Kier molecular flexibility index (Phi) is 7.29. The summed E-state index contributed by atoms with van der Waals surface area (Å²) in [5, 5.41) is 10.4. The number of imidazole rings is 1. The number of H-pyrrole nitrogens is 1. The van der Waals surface area contributed by atoms with E-state index in [1.54, 1.807) is 6.92 Å². The molecule has 184 valence electrons. The Morgan fingerprint density at radius 3 is 2.41 bits per heavy atom. The van der Waals surface area contributed by atoms with Gasteiger partial charge in [-0.15, -0.1) is 0 Å². The summed E-state index contributed by atoms with van der Waals surface area (Å²) in [5.41, 5.74) is -5.03. The fourth-order valence-corrected chi connectivity index (χ4v) is 3.68. The third kappa shape index (κ3) is 4.76. The topological polar surface area (TPSA) is 119 Å². The number of fused-ring (bicyclic) bond motifs is 1. The van der Waals surface area contributed by atoms with E-state index in [0.29, 0.717) is 13.0 Å². The number of aliphatic hydroxyl groups is 1. The molecule has 0 saturated carbocycles. The van der Waals surface area contributed by atoms with E-state index in [1.807, 2.05) is 6.92 Å². The minimum atomic E-state index is -5.13. The van der Waals surface area contributed by atoms with Gasteiger partial charge < -0.3 is 14.4 Å². The van der Waals surface area contributed by atoms with Crippen molar-refractivity contribution in [1.29, 1.82) is 0 Å². The van der Waals surface area contributed by atoms with Crippen molar-refractivity contribution in [3.63, 3.8) is 0 Å². The first-order chi connectivity index (χ1) is 16.0. The summed E-state index contributed by atoms with van der Waals surface area (Å²) in [5.74, 6) is -1.22. The largest absolute Gasteiger partial charge is 0.457 e. The first-order valence-corrected chi connectivity index (χ1v) is 10.8. The maximum absolute atomic E-state index is 13.7. The van der Waals surface area contributed by atoms with E-state index in [9.17, 15) is 32.7 Å². The van der Waals surface area contributed by atoms with Gasteiger partial charge in [-0.3, -0.25) is 19.1 Å². The summed E-state index contributed by atoms with van der Waals surface area (Å²) in [4.78, 5) is 43.5. The molecule has 9 nitrogen and oxygen atoms in total. The average Bonchev–Trinajstić information content (AvgIpc) is 3.16. The molecule has 0 saturated heterocycles. The van der Waals surface area contributed by atoms with E-state index in [4.69, 9.17) is 4.74 Å². The molecule has 0 spiro atoms. The van der Waals surface area contributed by atoms with Crippen LogP contribution in [0.5, 0.6) is 0 Å². The second-order valence-electron chi connectivity index (χ2n) is 7.77. The number of aromatic nitrogens is 4. The zero-order valence-corrected chi connectivity index (χ0v) is 18.7. The molecular weight excluding hydrogens is 457 g/mol. The minimum Gasteiger partial charge on any atom is -0.457 e. The number of hydrogen-bond donors (Lipinski definition) is 2. The van der Waals surface area contributed by atoms with Crippen LogP contribution in [0.1, 0.15) is 44.5 Å². The zero-order valence-electron chi connectivity index (χ0n) is 18.7. The van der Waals surface area contributed by atoms with E-state index in [-0.39, 0.29) is 23.5 Å². The number of hydrogen-bond acceptors (Lipinski definition) is 6. The fourth-order valence-electron chi connectivity index (χ4n) is 3.68. The van der Waals surface area contributed by atoms with Gasteiger partial charge >= 0.3 is 17.8 Å². The molecule has 1 atom stereocenters. The average molecular weight is 482 g/mol. The number of nitrogens with one attached hydrogen (secondary N) is 1. The van der Waals surface area contributed by atoms with Crippen LogP contribution in [0.4, 0.5) is 13.2 Å². The van der Waals surface area contributed by atoms with Crippen molar-refractivity contribution >= 4 is 17.1 Å². The molecule has 3 rings (SSSR count). The Bertz CT molecular complexity index is 1280. The van der Waals surface area contributed by atoms with Gasteiger partial charge in [-0.05, 0) is 18.9 Å². The molecule has 3 aromatic rings. The molecule has 12 heteroatoms. The van der Waals surface area contributed by atoms with Crippen LogP contribution in [0, 0.1) is 0 Å². The van der Waals surface area contributed by atoms with Gasteiger partial charge in [-0.25, -0.2) is 9.78 Å². The van der Waals surface area contributed by atoms with Crippen LogP contribution in [0.15, 0.2) is 39.9 Å². The van der Waals surface area contributed by atoms with E-state index < -0.39 is 47.6 Å². The van der Waals surface area contributed by atoms with Gasteiger partial charge in [0.15, 0.2) is 16.8 Å². The Hall–Kier alpha value is -3.41. The van der Waals surface area contributed by atoms with E-state index in [2.05, 4.69) is 9.97 Å². The van der Waals surface area contributed by atoms with Gasteiger partial charge in [0, 0.05) is 13.1 Å². The van der Waals surface area contributed by atoms with Gasteiger partial charge in [0.05, 0.1) is 6.42 Å². The molecule has 0 fully saturated rings. The van der Waals surface area contributed by atoms with Gasteiger partial charge in [0.2, 0.25) is 0 Å². The third-order valence-electron chi connectivity index (χ3n) is 5.50. The number of aryl methyl sites for hydroxylation is 2. The second-order valence-corrected chi connectivity index (χ2v) is 7.77. The molecule has 2 N–H and O–H groups in total. The van der Waals surface area contributed by atoms with Gasteiger partial charge in [0.25, 0.3) is 5.56 Å². The molecule has 0 radical (unpaired) electrons. The van der Waals surface area contributed by atoms with Crippen LogP contribution in [-0.2, 0) is 34.8 Å². The molecule has 0 aliphatic heterocycles. The number of halogens is 3. The number of unbranched alkanes of at least 4 members (excludes halogenated alkanes) is 1. The van der Waals surface area contributed by atoms with Crippen molar-refractivity contribution in [2.45, 2.75) is 64.6 Å². The number of carbonyl (C=O) groups excluding carboxylic acids is 1. The van der Waals surface area contributed by atoms with Gasteiger partial charge in [0.1, 0.15) is 12.4 Å².